The highest BCUT2D eigenvalue weighted by Gasteiger charge is 2.31. The number of aliphatic hydroxyl groups is 5. The number of hydrogen-bond donors (Lipinski definition) is 8. The normalized spacial score (nSPS) is 15.7. The van der Waals surface area contributed by atoms with Crippen molar-refractivity contribution in [2.24, 2.45) is 0 Å². The van der Waals surface area contributed by atoms with Gasteiger partial charge in [-0.25, -0.2) is 4.79 Å². The molecule has 0 aliphatic rings. The number of carboxylic acid groups (broad SMARTS) is 1. The molecule has 1 aromatic carbocycles. The van der Waals surface area contributed by atoms with Crippen LogP contribution in [0.15, 0.2) is 0 Å². The van der Waals surface area contributed by atoms with Crippen LogP contribution < -0.4 is 11.1 Å². The average molecular weight is 722 g/mol. The molecule has 152 valence electrons. The topological polar surface area (TPSA) is 194 Å². The van der Waals surface area contributed by atoms with Gasteiger partial charge in [0.1, 0.15) is 18.3 Å². The van der Waals surface area contributed by atoms with Crippen LogP contribution >= 0.6 is 67.8 Å². The average Bonchev–Trinajstić information content (AvgIpc) is 2.62. The molecule has 4 atom stereocenters. The number of carboxylic acids is 1. The summed E-state index contributed by atoms with van der Waals surface area (Å²) >= 11 is 5.30. The SMILES string of the molecule is Nc1c(I)c(C(=O)O)c(I)c(C(=O)NCC(O)C(O)C(O)C(O)CO)c1I. The monoisotopic (exact) mass is 722 g/mol. The van der Waals surface area contributed by atoms with E-state index in [9.17, 15) is 35.1 Å². The molecule has 0 radical (unpaired) electrons. The van der Waals surface area contributed by atoms with Crippen LogP contribution in [0.3, 0.4) is 0 Å². The summed E-state index contributed by atoms with van der Waals surface area (Å²) in [5, 5.41) is 58.9. The summed E-state index contributed by atoms with van der Waals surface area (Å²) in [5.41, 5.74) is 5.89. The minimum Gasteiger partial charge on any atom is -0.478 e. The molecule has 10 nitrogen and oxygen atoms in total. The molecule has 0 aliphatic carbocycles. The van der Waals surface area contributed by atoms with Gasteiger partial charge in [0.2, 0.25) is 0 Å². The Labute approximate surface area is 194 Å². The number of carbonyl (C=O) groups is 2. The first-order chi connectivity index (χ1) is 12.4. The second kappa shape index (κ2) is 10.6. The molecule has 0 bridgehead atoms. The van der Waals surface area contributed by atoms with Gasteiger partial charge in [-0.2, -0.15) is 0 Å². The van der Waals surface area contributed by atoms with Gasteiger partial charge in [-0.3, -0.25) is 4.79 Å². The van der Waals surface area contributed by atoms with Crippen LogP contribution in [0.5, 0.6) is 0 Å². The van der Waals surface area contributed by atoms with Gasteiger partial charge >= 0.3 is 5.97 Å². The Balaban J connectivity index is 3.03. The Morgan fingerprint density at radius 1 is 0.926 bits per heavy atom. The zero-order valence-electron chi connectivity index (χ0n) is 13.4. The Morgan fingerprint density at radius 2 is 1.41 bits per heavy atom. The summed E-state index contributed by atoms with van der Waals surface area (Å²) in [6, 6.07) is 0. The van der Waals surface area contributed by atoms with E-state index < -0.39 is 49.4 Å². The number of aliphatic hydroxyl groups excluding tert-OH is 5. The van der Waals surface area contributed by atoms with Crippen molar-refractivity contribution in [3.63, 3.8) is 0 Å². The standard InChI is InChI=1S/C14H17I3N2O8/c15-7-5(8(16)10(18)9(17)6(7)14(26)27)13(25)19-1-3(21)11(23)12(24)4(22)2-20/h3-4,11-12,20-24H,1-2,18H2,(H,19,25)(H,26,27). The minimum absolute atomic E-state index is 0.00384. The number of anilines is 1. The van der Waals surface area contributed by atoms with Crippen LogP contribution in [0.4, 0.5) is 5.69 Å². The second-order valence-electron chi connectivity index (χ2n) is 5.42. The van der Waals surface area contributed by atoms with Gasteiger partial charge < -0.3 is 41.7 Å². The molecule has 27 heavy (non-hydrogen) atoms. The fourth-order valence-electron chi connectivity index (χ4n) is 2.04. The first-order valence-corrected chi connectivity index (χ1v) is 10.5. The zero-order chi connectivity index (χ0) is 21.0. The largest absolute Gasteiger partial charge is 0.478 e. The molecule has 0 saturated heterocycles. The van der Waals surface area contributed by atoms with Crippen LogP contribution in [0.1, 0.15) is 20.7 Å². The van der Waals surface area contributed by atoms with Crippen molar-refractivity contribution in [2.75, 3.05) is 18.9 Å². The minimum atomic E-state index is -1.83. The molecule has 0 fully saturated rings. The Morgan fingerprint density at radius 3 is 1.89 bits per heavy atom. The maximum Gasteiger partial charge on any atom is 0.337 e. The number of benzene rings is 1. The fourth-order valence-corrected chi connectivity index (χ4v) is 6.16. The Kier molecular flexibility index (Phi) is 9.85. The van der Waals surface area contributed by atoms with E-state index in [1.54, 1.807) is 67.8 Å². The summed E-state index contributed by atoms with van der Waals surface area (Å²) in [4.78, 5) is 24.0. The maximum atomic E-state index is 12.5. The molecule has 1 aromatic rings. The smallest absolute Gasteiger partial charge is 0.337 e. The molecule has 0 heterocycles. The van der Waals surface area contributed by atoms with Crippen LogP contribution in [-0.4, -0.2) is 80.1 Å². The van der Waals surface area contributed by atoms with Crippen molar-refractivity contribution in [3.8, 4) is 0 Å². The highest BCUT2D eigenvalue weighted by molar-refractivity contribution is 14.1. The van der Waals surface area contributed by atoms with Crippen LogP contribution in [0.2, 0.25) is 0 Å². The molecule has 4 unspecified atom stereocenters. The highest BCUT2D eigenvalue weighted by Crippen LogP contribution is 2.33. The van der Waals surface area contributed by atoms with Crippen molar-refractivity contribution < 1.29 is 40.2 Å². The molecule has 0 saturated carbocycles. The van der Waals surface area contributed by atoms with E-state index in [0.717, 1.165) is 0 Å². The molecule has 1 amide bonds. The fraction of sp³-hybridized carbons (Fsp3) is 0.429. The summed E-state index contributed by atoms with van der Waals surface area (Å²) in [7, 11) is 0. The number of amides is 1. The van der Waals surface area contributed by atoms with Gasteiger partial charge in [0.25, 0.3) is 5.91 Å². The third-order valence-electron chi connectivity index (χ3n) is 3.59. The number of nitrogens with two attached hydrogens (primary N) is 1. The molecule has 0 aromatic heterocycles. The van der Waals surface area contributed by atoms with Gasteiger partial charge in [0.05, 0.1) is 36.7 Å². The number of carbonyl (C=O) groups excluding carboxylic acids is 1. The highest BCUT2D eigenvalue weighted by atomic mass is 127. The van der Waals surface area contributed by atoms with E-state index in [0.29, 0.717) is 7.14 Å². The number of nitrogen functional groups attached to an aromatic ring is 1. The predicted octanol–water partition coefficient (Wildman–Crippen LogP) is -1.05. The predicted molar refractivity (Wildman–Crippen MR) is 119 cm³/mol. The van der Waals surface area contributed by atoms with Gasteiger partial charge in [-0.05, 0) is 67.8 Å². The van der Waals surface area contributed by atoms with E-state index in [4.69, 9.17) is 10.8 Å². The number of nitrogens with one attached hydrogen (secondary N) is 1. The van der Waals surface area contributed by atoms with Crippen LogP contribution in [0.25, 0.3) is 0 Å². The van der Waals surface area contributed by atoms with Crippen molar-refractivity contribution in [3.05, 3.63) is 21.8 Å². The molecular weight excluding hydrogens is 705 g/mol. The maximum absolute atomic E-state index is 12.5. The lowest BCUT2D eigenvalue weighted by Crippen LogP contribution is -2.49. The van der Waals surface area contributed by atoms with Crippen LogP contribution in [0, 0.1) is 10.7 Å². The molecule has 0 aliphatic heterocycles. The molecule has 13 heteroatoms. The van der Waals surface area contributed by atoms with E-state index in [2.05, 4.69) is 5.32 Å². The van der Waals surface area contributed by atoms with E-state index in [1.165, 1.54) is 0 Å². The van der Waals surface area contributed by atoms with Gasteiger partial charge in [0, 0.05) is 10.1 Å². The third-order valence-corrected chi connectivity index (χ3v) is 6.91. The molecular formula is C14H17I3N2O8. The lowest BCUT2D eigenvalue weighted by Gasteiger charge is -2.26. The summed E-state index contributed by atoms with van der Waals surface area (Å²) < 4.78 is 0.781. The first-order valence-electron chi connectivity index (χ1n) is 7.26. The molecule has 0 spiro atoms. The third kappa shape index (κ3) is 5.73. The first kappa shape index (κ1) is 25.0. The lowest BCUT2D eigenvalue weighted by molar-refractivity contribution is -0.113. The quantitative estimate of drug-likeness (QED) is 0.122. The van der Waals surface area contributed by atoms with Crippen molar-refractivity contribution in [1.29, 1.82) is 0 Å². The number of halogens is 3. The molecule has 1 rings (SSSR count). The van der Waals surface area contributed by atoms with Gasteiger partial charge in [0.15, 0.2) is 0 Å². The van der Waals surface area contributed by atoms with E-state index in [1.807, 2.05) is 0 Å². The van der Waals surface area contributed by atoms with E-state index in [-0.39, 0.29) is 20.4 Å². The summed E-state index contributed by atoms with van der Waals surface area (Å²) in [6.45, 7) is -1.33. The number of aromatic carboxylic acids is 1. The van der Waals surface area contributed by atoms with Crippen molar-refractivity contribution >= 4 is 85.3 Å². The molecule has 9 N–H and O–H groups in total. The van der Waals surface area contributed by atoms with Crippen molar-refractivity contribution in [1.82, 2.24) is 5.32 Å². The number of rotatable bonds is 8. The Bertz CT molecular complexity index is 733. The van der Waals surface area contributed by atoms with Crippen LogP contribution in [-0.2, 0) is 0 Å². The Hall–Kier alpha value is -0.0500. The van der Waals surface area contributed by atoms with E-state index >= 15 is 0 Å². The number of hydrogen-bond acceptors (Lipinski definition) is 8. The second-order valence-corrected chi connectivity index (χ2v) is 8.66. The van der Waals surface area contributed by atoms with Crippen molar-refractivity contribution in [2.45, 2.75) is 24.4 Å². The van der Waals surface area contributed by atoms with Gasteiger partial charge in [-0.1, -0.05) is 0 Å². The van der Waals surface area contributed by atoms with Gasteiger partial charge in [-0.15, -0.1) is 0 Å². The summed E-state index contributed by atoms with van der Waals surface area (Å²) in [5.74, 6) is -1.99. The zero-order valence-corrected chi connectivity index (χ0v) is 19.9. The lowest BCUT2D eigenvalue weighted by atomic mass is 10.0. The summed E-state index contributed by atoms with van der Waals surface area (Å²) in [6.07, 6.45) is -6.97.